The summed E-state index contributed by atoms with van der Waals surface area (Å²) in [4.78, 5) is 12.6. The van der Waals surface area contributed by atoms with Gasteiger partial charge in [0.15, 0.2) is 5.78 Å². The number of aryl methyl sites for hydroxylation is 1. The lowest BCUT2D eigenvalue weighted by Crippen LogP contribution is -2.12. The molecule has 0 aromatic heterocycles. The van der Waals surface area contributed by atoms with E-state index in [9.17, 15) is 10.1 Å². The van der Waals surface area contributed by atoms with Gasteiger partial charge in [0.05, 0.1) is 6.07 Å². The number of benzene rings is 2. The van der Waals surface area contributed by atoms with Crippen LogP contribution in [0.3, 0.4) is 0 Å². The van der Waals surface area contributed by atoms with E-state index in [1.165, 1.54) is 0 Å². The highest BCUT2D eigenvalue weighted by Crippen LogP contribution is 2.28. The fraction of sp³-hybridized carbons (Fsp3) is 0.125. The Morgan fingerprint density at radius 3 is 2.65 bits per heavy atom. The maximum Gasteiger partial charge on any atom is 0.185 e. The van der Waals surface area contributed by atoms with Gasteiger partial charge in [-0.1, -0.05) is 41.9 Å². The number of carbonyl (C=O) groups excluding carboxylic acids is 1. The van der Waals surface area contributed by atoms with E-state index in [4.69, 9.17) is 11.6 Å². The number of Topliss-reactive ketones (excluding diaryl/α,β-unsaturated/α-hetero) is 1. The van der Waals surface area contributed by atoms with Crippen molar-refractivity contribution in [3.05, 3.63) is 68.7 Å². The molecule has 2 rings (SSSR count). The van der Waals surface area contributed by atoms with E-state index in [0.29, 0.717) is 16.1 Å². The van der Waals surface area contributed by atoms with Crippen molar-refractivity contribution in [3.8, 4) is 6.07 Å². The Hall–Kier alpha value is -1.63. The summed E-state index contributed by atoms with van der Waals surface area (Å²) >= 11 is 9.33. The van der Waals surface area contributed by atoms with E-state index in [1.807, 2.05) is 13.0 Å². The first-order valence-electron chi connectivity index (χ1n) is 5.99. The highest BCUT2D eigenvalue weighted by Gasteiger charge is 2.24. The molecule has 0 bridgehead atoms. The number of halogens is 2. The summed E-state index contributed by atoms with van der Waals surface area (Å²) in [7, 11) is 0. The monoisotopic (exact) mass is 347 g/mol. The van der Waals surface area contributed by atoms with Crippen molar-refractivity contribution in [2.45, 2.75) is 12.8 Å². The molecule has 4 heteroatoms. The van der Waals surface area contributed by atoms with E-state index in [-0.39, 0.29) is 5.78 Å². The van der Waals surface area contributed by atoms with Crippen molar-refractivity contribution >= 4 is 33.3 Å². The Kier molecular flexibility index (Phi) is 4.59. The summed E-state index contributed by atoms with van der Waals surface area (Å²) in [5, 5.41) is 9.85. The summed E-state index contributed by atoms with van der Waals surface area (Å²) in [6, 6.07) is 14.3. The van der Waals surface area contributed by atoms with Crippen LogP contribution in [0.15, 0.2) is 46.9 Å². The molecule has 20 heavy (non-hydrogen) atoms. The molecule has 2 aromatic carbocycles. The van der Waals surface area contributed by atoms with Gasteiger partial charge in [0, 0.05) is 15.1 Å². The molecule has 0 fully saturated rings. The molecule has 2 nitrogen and oxygen atoms in total. The minimum Gasteiger partial charge on any atom is -0.292 e. The number of hydrogen-bond donors (Lipinski definition) is 0. The van der Waals surface area contributed by atoms with Gasteiger partial charge in [-0.15, -0.1) is 0 Å². The zero-order valence-electron chi connectivity index (χ0n) is 10.7. The molecule has 0 heterocycles. The van der Waals surface area contributed by atoms with Gasteiger partial charge in [0.1, 0.15) is 5.92 Å². The smallest absolute Gasteiger partial charge is 0.185 e. The Morgan fingerprint density at radius 1 is 1.30 bits per heavy atom. The fourth-order valence-electron chi connectivity index (χ4n) is 1.96. The summed E-state index contributed by atoms with van der Waals surface area (Å²) in [5.41, 5.74) is 2.08. The lowest BCUT2D eigenvalue weighted by Gasteiger charge is -2.11. The number of hydrogen-bond acceptors (Lipinski definition) is 2. The second-order valence-corrected chi connectivity index (χ2v) is 5.65. The van der Waals surface area contributed by atoms with Gasteiger partial charge in [0.2, 0.25) is 0 Å². The van der Waals surface area contributed by atoms with Crippen LogP contribution in [-0.4, -0.2) is 5.78 Å². The molecule has 0 amide bonds. The van der Waals surface area contributed by atoms with Gasteiger partial charge in [-0.2, -0.15) is 5.26 Å². The molecule has 2 aromatic rings. The molecule has 1 unspecified atom stereocenters. The van der Waals surface area contributed by atoms with Gasteiger partial charge < -0.3 is 0 Å². The van der Waals surface area contributed by atoms with Gasteiger partial charge in [0.25, 0.3) is 0 Å². The average molecular weight is 349 g/mol. The Balaban J connectivity index is 2.45. The second-order valence-electron chi connectivity index (χ2n) is 4.42. The summed E-state index contributed by atoms with van der Waals surface area (Å²) in [5.74, 6) is -1.09. The molecule has 0 radical (unpaired) electrons. The molecule has 0 aliphatic heterocycles. The van der Waals surface area contributed by atoms with Crippen molar-refractivity contribution in [1.29, 1.82) is 5.26 Å². The summed E-state index contributed by atoms with van der Waals surface area (Å²) < 4.78 is 0.729. The van der Waals surface area contributed by atoms with Crippen LogP contribution in [0.1, 0.15) is 27.4 Å². The van der Waals surface area contributed by atoms with Crippen molar-refractivity contribution in [2.24, 2.45) is 0 Å². The van der Waals surface area contributed by atoms with Gasteiger partial charge in [-0.05, 0) is 46.1 Å². The van der Waals surface area contributed by atoms with Crippen LogP contribution in [0.25, 0.3) is 0 Å². The van der Waals surface area contributed by atoms with E-state index in [0.717, 1.165) is 10.0 Å². The highest BCUT2D eigenvalue weighted by molar-refractivity contribution is 9.10. The highest BCUT2D eigenvalue weighted by atomic mass is 79.9. The summed E-state index contributed by atoms with van der Waals surface area (Å²) in [6.07, 6.45) is 0. The number of nitrogens with zero attached hydrogens (tertiary/aromatic N) is 1. The van der Waals surface area contributed by atoms with Crippen molar-refractivity contribution < 1.29 is 4.79 Å². The van der Waals surface area contributed by atoms with Crippen LogP contribution in [0, 0.1) is 18.3 Å². The van der Waals surface area contributed by atoms with Crippen molar-refractivity contribution in [3.63, 3.8) is 0 Å². The van der Waals surface area contributed by atoms with Crippen LogP contribution < -0.4 is 0 Å². The number of ketones is 1. The molecule has 1 atom stereocenters. The largest absolute Gasteiger partial charge is 0.292 e. The fourth-order valence-corrected chi connectivity index (χ4v) is 2.62. The lowest BCUT2D eigenvalue weighted by atomic mass is 9.91. The third-order valence-corrected chi connectivity index (χ3v) is 4.32. The number of nitriles is 1. The second kappa shape index (κ2) is 6.21. The first kappa shape index (κ1) is 14.8. The zero-order chi connectivity index (χ0) is 14.7. The number of carbonyl (C=O) groups is 1. The maximum atomic E-state index is 12.6. The van der Waals surface area contributed by atoms with Gasteiger partial charge in [-0.25, -0.2) is 0 Å². The summed E-state index contributed by atoms with van der Waals surface area (Å²) in [6.45, 7) is 1.90. The molecule has 0 saturated heterocycles. The molecular formula is C16H11BrClNO. The van der Waals surface area contributed by atoms with Crippen LogP contribution in [0.5, 0.6) is 0 Å². The average Bonchev–Trinajstić information content (AvgIpc) is 2.42. The predicted molar refractivity (Wildman–Crippen MR) is 83.0 cm³/mol. The molecular weight excluding hydrogens is 338 g/mol. The van der Waals surface area contributed by atoms with Crippen molar-refractivity contribution in [1.82, 2.24) is 0 Å². The first-order valence-corrected chi connectivity index (χ1v) is 7.16. The topological polar surface area (TPSA) is 40.9 Å². The van der Waals surface area contributed by atoms with Crippen LogP contribution in [-0.2, 0) is 0 Å². The number of rotatable bonds is 3. The SMILES string of the molecule is Cc1cccc(C(=O)C(C#N)c2cccc(Cl)c2)c1Br. The van der Waals surface area contributed by atoms with Crippen molar-refractivity contribution in [2.75, 3.05) is 0 Å². The third-order valence-electron chi connectivity index (χ3n) is 3.03. The molecule has 0 saturated carbocycles. The lowest BCUT2D eigenvalue weighted by molar-refractivity contribution is 0.0978. The van der Waals surface area contributed by atoms with Gasteiger partial charge >= 0.3 is 0 Å². The molecule has 100 valence electrons. The Labute approximate surface area is 131 Å². The molecule has 0 N–H and O–H groups in total. The maximum absolute atomic E-state index is 12.6. The third kappa shape index (κ3) is 2.92. The van der Waals surface area contributed by atoms with Gasteiger partial charge in [-0.3, -0.25) is 4.79 Å². The predicted octanol–water partition coefficient (Wildman–Crippen LogP) is 4.90. The van der Waals surface area contributed by atoms with E-state index in [2.05, 4.69) is 22.0 Å². The zero-order valence-corrected chi connectivity index (χ0v) is 13.1. The minimum atomic E-state index is -0.855. The first-order chi connectivity index (χ1) is 9.54. The quantitative estimate of drug-likeness (QED) is 0.740. The Bertz CT molecular complexity index is 706. The van der Waals surface area contributed by atoms with E-state index >= 15 is 0 Å². The minimum absolute atomic E-state index is 0.231. The van der Waals surface area contributed by atoms with Crippen LogP contribution >= 0.6 is 27.5 Å². The Morgan fingerprint density at radius 2 is 2.00 bits per heavy atom. The van der Waals surface area contributed by atoms with E-state index in [1.54, 1.807) is 36.4 Å². The van der Waals surface area contributed by atoms with E-state index < -0.39 is 5.92 Å². The molecule has 0 spiro atoms. The standard InChI is InChI=1S/C16H11BrClNO/c1-10-4-2-7-13(15(10)17)16(20)14(9-19)11-5-3-6-12(18)8-11/h2-8,14H,1H3. The molecule has 0 aliphatic carbocycles. The van der Waals surface area contributed by atoms with Crippen LogP contribution in [0.4, 0.5) is 0 Å². The molecule has 0 aliphatic rings. The van der Waals surface area contributed by atoms with Crippen LogP contribution in [0.2, 0.25) is 5.02 Å². The normalized spacial score (nSPS) is 11.7.